The topological polar surface area (TPSA) is 79.9 Å². The third-order valence-electron chi connectivity index (χ3n) is 3.39. The van der Waals surface area contributed by atoms with Crippen molar-refractivity contribution in [3.8, 4) is 0 Å². The summed E-state index contributed by atoms with van der Waals surface area (Å²) in [7, 11) is -4.05. The summed E-state index contributed by atoms with van der Waals surface area (Å²) in [6.45, 7) is 3.70. The molecule has 0 radical (unpaired) electrons. The van der Waals surface area contributed by atoms with Crippen LogP contribution in [0.25, 0.3) is 0 Å². The van der Waals surface area contributed by atoms with Crippen molar-refractivity contribution in [3.63, 3.8) is 0 Å². The molecule has 2 aromatic rings. The van der Waals surface area contributed by atoms with Crippen LogP contribution in [-0.2, 0) is 14.6 Å². The monoisotopic (exact) mass is 324 g/mol. The van der Waals surface area contributed by atoms with E-state index in [1.165, 1.54) is 12.1 Å². The molecule has 7 heteroatoms. The highest BCUT2D eigenvalue weighted by Gasteiger charge is 2.37. The van der Waals surface area contributed by atoms with Crippen molar-refractivity contribution in [2.24, 2.45) is 0 Å². The number of aryl methyl sites for hydroxylation is 3. The second-order valence-corrected chi connectivity index (χ2v) is 7.19. The zero-order valence-electron chi connectivity index (χ0n) is 12.6. The van der Waals surface area contributed by atoms with Crippen molar-refractivity contribution in [2.45, 2.75) is 30.9 Å². The van der Waals surface area contributed by atoms with Gasteiger partial charge in [0, 0.05) is 0 Å². The number of alkyl halides is 1. The molecule has 1 aromatic carbocycles. The molecule has 5 nitrogen and oxygen atoms in total. The molecule has 0 aliphatic rings. The molecule has 1 unspecified atom stereocenters. The van der Waals surface area contributed by atoms with Gasteiger partial charge in [0.15, 0.2) is 20.9 Å². The molecule has 2 rings (SSSR count). The highest BCUT2D eigenvalue weighted by molar-refractivity contribution is 7.92. The quantitative estimate of drug-likeness (QED) is 0.916. The lowest BCUT2D eigenvalue weighted by Crippen LogP contribution is -2.25. The number of halogens is 1. The molecule has 0 aliphatic carbocycles. The van der Waals surface area contributed by atoms with Crippen LogP contribution >= 0.6 is 0 Å². The summed E-state index contributed by atoms with van der Waals surface area (Å²) in [5.74, 6) is -0.532. The Morgan fingerprint density at radius 2 is 1.82 bits per heavy atom. The summed E-state index contributed by atoms with van der Waals surface area (Å²) in [5.41, 5.74) is 1.39. The maximum Gasteiger partial charge on any atom is 0.194 e. The van der Waals surface area contributed by atoms with E-state index in [0.29, 0.717) is 11.5 Å². The number of nitrogens with one attached hydrogen (secondary N) is 1. The Bertz CT molecular complexity index is 795. The van der Waals surface area contributed by atoms with Gasteiger partial charge in [-0.25, -0.2) is 17.8 Å². The number of aromatic nitrogens is 2. The molecule has 0 amide bonds. The normalized spacial score (nSPS) is 13.1. The maximum absolute atomic E-state index is 12.9. The first kappa shape index (κ1) is 16.4. The third kappa shape index (κ3) is 2.94. The van der Waals surface area contributed by atoms with Crippen LogP contribution in [0.4, 0.5) is 4.39 Å². The SMILES string of the molecule is Cc1ccc(S(=O)(=O)C(C(=O)CF)c2[nH]c(C)nc2C)cc1. The zero-order chi connectivity index (χ0) is 16.5. The fourth-order valence-electron chi connectivity index (χ4n) is 2.30. The maximum atomic E-state index is 12.9. The number of aromatic amines is 1. The fraction of sp³-hybridized carbons (Fsp3) is 0.333. The number of hydrogen-bond acceptors (Lipinski definition) is 4. The summed E-state index contributed by atoms with van der Waals surface area (Å²) in [4.78, 5) is 18.8. The summed E-state index contributed by atoms with van der Waals surface area (Å²) in [6, 6.07) is 6.10. The number of carbonyl (C=O) groups is 1. The van der Waals surface area contributed by atoms with Crippen molar-refractivity contribution < 1.29 is 17.6 Å². The van der Waals surface area contributed by atoms with Crippen LogP contribution in [0.1, 0.15) is 28.0 Å². The van der Waals surface area contributed by atoms with Gasteiger partial charge in [-0.3, -0.25) is 4.79 Å². The highest BCUT2D eigenvalue weighted by Crippen LogP contribution is 2.31. The summed E-state index contributed by atoms with van der Waals surface area (Å²) < 4.78 is 38.5. The molecule has 0 spiro atoms. The lowest BCUT2D eigenvalue weighted by Gasteiger charge is -2.15. The number of nitrogens with zero attached hydrogens (tertiary/aromatic N) is 1. The molecule has 0 fully saturated rings. The molecule has 118 valence electrons. The van der Waals surface area contributed by atoms with Crippen LogP contribution < -0.4 is 0 Å². The van der Waals surface area contributed by atoms with Gasteiger partial charge in [-0.05, 0) is 32.9 Å². The third-order valence-corrected chi connectivity index (χ3v) is 5.44. The van der Waals surface area contributed by atoms with Crippen molar-refractivity contribution in [2.75, 3.05) is 6.67 Å². The smallest absolute Gasteiger partial charge is 0.194 e. The van der Waals surface area contributed by atoms with Gasteiger partial charge >= 0.3 is 0 Å². The Morgan fingerprint density at radius 3 is 2.27 bits per heavy atom. The van der Waals surface area contributed by atoms with E-state index in [-0.39, 0.29) is 10.6 Å². The molecule has 1 aromatic heterocycles. The molecule has 0 saturated carbocycles. The number of imidazole rings is 1. The Balaban J connectivity index is 2.61. The van der Waals surface area contributed by atoms with Crippen LogP contribution in [0.3, 0.4) is 0 Å². The first-order valence-corrected chi connectivity index (χ1v) is 8.24. The van der Waals surface area contributed by atoms with Crippen molar-refractivity contribution in [1.29, 1.82) is 0 Å². The second-order valence-electron chi connectivity index (χ2n) is 5.16. The molecule has 0 aliphatic heterocycles. The minimum absolute atomic E-state index is 0.0171. The van der Waals surface area contributed by atoms with Gasteiger partial charge in [0.1, 0.15) is 12.5 Å². The van der Waals surface area contributed by atoms with E-state index in [2.05, 4.69) is 9.97 Å². The Labute approximate surface area is 128 Å². The van der Waals surface area contributed by atoms with Crippen molar-refractivity contribution in [3.05, 3.63) is 47.0 Å². The number of hydrogen-bond donors (Lipinski definition) is 1. The minimum atomic E-state index is -4.05. The molecule has 1 heterocycles. The lowest BCUT2D eigenvalue weighted by atomic mass is 10.2. The number of rotatable bonds is 5. The van der Waals surface area contributed by atoms with Gasteiger partial charge in [0.25, 0.3) is 0 Å². The number of sulfone groups is 1. The van der Waals surface area contributed by atoms with E-state index in [9.17, 15) is 17.6 Å². The zero-order valence-corrected chi connectivity index (χ0v) is 13.4. The lowest BCUT2D eigenvalue weighted by molar-refractivity contribution is -0.119. The number of carbonyl (C=O) groups excluding carboxylic acids is 1. The predicted molar refractivity (Wildman–Crippen MR) is 80.1 cm³/mol. The van der Waals surface area contributed by atoms with E-state index in [1.807, 2.05) is 6.92 Å². The molecule has 22 heavy (non-hydrogen) atoms. The van der Waals surface area contributed by atoms with Crippen LogP contribution in [0.5, 0.6) is 0 Å². The molecular weight excluding hydrogens is 307 g/mol. The first-order chi connectivity index (χ1) is 10.3. The molecule has 0 saturated heterocycles. The van der Waals surface area contributed by atoms with E-state index in [0.717, 1.165) is 5.56 Å². The highest BCUT2D eigenvalue weighted by atomic mass is 32.2. The molecule has 0 bridgehead atoms. The number of H-pyrrole nitrogens is 1. The van der Waals surface area contributed by atoms with Crippen molar-refractivity contribution in [1.82, 2.24) is 9.97 Å². The summed E-state index contributed by atoms with van der Waals surface area (Å²) >= 11 is 0. The van der Waals surface area contributed by atoms with Gasteiger partial charge in [-0.2, -0.15) is 0 Å². The van der Waals surface area contributed by atoms with E-state index in [1.54, 1.807) is 26.0 Å². The van der Waals surface area contributed by atoms with Gasteiger partial charge in [-0.1, -0.05) is 17.7 Å². The Kier molecular flexibility index (Phi) is 4.46. The Morgan fingerprint density at radius 1 is 1.23 bits per heavy atom. The number of benzene rings is 1. The van der Waals surface area contributed by atoms with Crippen LogP contribution in [0.2, 0.25) is 0 Å². The summed E-state index contributed by atoms with van der Waals surface area (Å²) in [6.07, 6.45) is 0. The van der Waals surface area contributed by atoms with Gasteiger partial charge in [0.2, 0.25) is 0 Å². The number of Topliss-reactive ketones (excluding diaryl/α,β-unsaturated/α-hetero) is 1. The van der Waals surface area contributed by atoms with Crippen LogP contribution in [0.15, 0.2) is 29.2 Å². The predicted octanol–water partition coefficient (Wildman–Crippen LogP) is 2.39. The minimum Gasteiger partial charge on any atom is -0.344 e. The van der Waals surface area contributed by atoms with Crippen molar-refractivity contribution >= 4 is 15.6 Å². The van der Waals surface area contributed by atoms with Crippen LogP contribution in [-0.4, -0.2) is 30.8 Å². The van der Waals surface area contributed by atoms with Crippen LogP contribution in [0, 0.1) is 20.8 Å². The average Bonchev–Trinajstić information content (AvgIpc) is 2.77. The fourth-order valence-corrected chi connectivity index (χ4v) is 4.04. The molecule has 1 N–H and O–H groups in total. The number of ketones is 1. The van der Waals surface area contributed by atoms with E-state index in [4.69, 9.17) is 0 Å². The standard InChI is InChI=1S/C15H17FN2O3S/c1-9-4-6-12(7-5-9)22(20,21)15(13(19)8-16)14-10(2)17-11(3)18-14/h4-7,15H,8H2,1-3H3,(H,17,18). The van der Waals surface area contributed by atoms with Gasteiger partial charge in [0.05, 0.1) is 16.3 Å². The molecular formula is C15H17FN2O3S. The summed E-state index contributed by atoms with van der Waals surface area (Å²) in [5, 5.41) is -1.61. The van der Waals surface area contributed by atoms with E-state index >= 15 is 0 Å². The van der Waals surface area contributed by atoms with Gasteiger partial charge in [-0.15, -0.1) is 0 Å². The second kappa shape index (κ2) is 6.00. The largest absolute Gasteiger partial charge is 0.344 e. The first-order valence-electron chi connectivity index (χ1n) is 6.69. The average molecular weight is 324 g/mol. The van der Waals surface area contributed by atoms with E-state index < -0.39 is 27.5 Å². The molecule has 1 atom stereocenters. The van der Waals surface area contributed by atoms with Gasteiger partial charge < -0.3 is 4.98 Å². The Hall–Kier alpha value is -2.02.